The molecule has 2 fully saturated rings. The van der Waals surface area contributed by atoms with Crippen LogP contribution in [0.2, 0.25) is 10.0 Å². The Balaban J connectivity index is 0.000000169. The van der Waals surface area contributed by atoms with Crippen molar-refractivity contribution < 1.29 is 46.1 Å². The molecule has 4 aliphatic heterocycles. The lowest BCUT2D eigenvalue weighted by Gasteiger charge is -2.49. The summed E-state index contributed by atoms with van der Waals surface area (Å²) in [5, 5.41) is 24.5. The summed E-state index contributed by atoms with van der Waals surface area (Å²) in [5.74, 6) is 0.925. The van der Waals surface area contributed by atoms with Crippen molar-refractivity contribution in [3.63, 3.8) is 0 Å². The van der Waals surface area contributed by atoms with Crippen molar-refractivity contribution in [3.05, 3.63) is 116 Å². The molecule has 18 heteroatoms. The summed E-state index contributed by atoms with van der Waals surface area (Å²) < 4.78 is 68.2. The zero-order valence-electron chi connectivity index (χ0n) is 46.2. The fraction of sp³-hybridized carbons (Fsp3) is 0.581. The van der Waals surface area contributed by atoms with Crippen molar-refractivity contribution in [2.24, 2.45) is 23.7 Å². The van der Waals surface area contributed by atoms with Gasteiger partial charge in [0.15, 0.2) is 0 Å². The molecule has 4 aromatic rings. The standard InChI is InChI=1S/2C31H39ClN2O5S/c2*1-30(36)13-3-2-4-15-40(37,38)33-29(35)22-8-12-28-27(17-22)34(18-23-7-10-25(23)30)19-31(20-39-28)14-5-6-21-16-24(32)9-11-26(21)31/h2*8-9,11-12,16-17,23,25,36H,2-7,10,13-15,18-20H2,1H3,(H,33,35)/t23-,25+,30+,31-;23-,25+,30-,31-/m00/s1. The summed E-state index contributed by atoms with van der Waals surface area (Å²) in [4.78, 5) is 30.9. The van der Waals surface area contributed by atoms with E-state index in [1.807, 2.05) is 26.0 Å². The molecule has 2 spiro atoms. The number of amides is 2. The minimum Gasteiger partial charge on any atom is -0.490 e. The van der Waals surface area contributed by atoms with Gasteiger partial charge in [-0.2, -0.15) is 0 Å². The number of ether oxygens (including phenoxy) is 2. The van der Waals surface area contributed by atoms with Crippen LogP contribution in [0.4, 0.5) is 11.4 Å². The van der Waals surface area contributed by atoms with E-state index in [-0.39, 0.29) is 34.2 Å². The second kappa shape index (κ2) is 22.5. The molecule has 2 saturated carbocycles. The van der Waals surface area contributed by atoms with Gasteiger partial charge in [0.25, 0.3) is 11.8 Å². The topological polar surface area (TPSA) is 192 Å². The highest BCUT2D eigenvalue weighted by Gasteiger charge is 2.49. The number of anilines is 2. The normalized spacial score (nSPS) is 32.1. The van der Waals surface area contributed by atoms with Gasteiger partial charge < -0.3 is 29.5 Å². The van der Waals surface area contributed by atoms with E-state index < -0.39 is 43.1 Å². The van der Waals surface area contributed by atoms with Crippen molar-refractivity contribution in [2.75, 3.05) is 60.7 Å². The molecule has 4 N–H and O–H groups in total. The van der Waals surface area contributed by atoms with Gasteiger partial charge in [0.05, 0.1) is 47.3 Å². The van der Waals surface area contributed by atoms with Crippen molar-refractivity contribution in [2.45, 2.75) is 151 Å². The van der Waals surface area contributed by atoms with Crippen LogP contribution in [0.1, 0.15) is 160 Å². The quantitative estimate of drug-likeness (QED) is 0.130. The molecule has 8 aliphatic rings. The molecule has 4 aliphatic carbocycles. The molecule has 432 valence electrons. The second-order valence-corrected chi connectivity index (χ2v) is 29.9. The van der Waals surface area contributed by atoms with Crippen LogP contribution in [-0.4, -0.2) is 101 Å². The molecular weight excluding hydrogens is 1100 g/mol. The SMILES string of the molecule is C[C@@]1(O)CCCCCS(=O)(=O)NC(=O)c2ccc3c(c2)N(C[C@@H]2CC[C@H]21)C[C@@]1(CCCc2cc(Cl)ccc21)CO3.C[C@]1(O)CCCCCS(=O)(=O)NC(=O)c2ccc3c(c2)N(C[C@@H]2CC[C@H]21)C[C@@]1(CCCc2cc(Cl)ccc21)CO3. The Kier molecular flexibility index (Phi) is 16.1. The van der Waals surface area contributed by atoms with Crippen LogP contribution >= 0.6 is 23.2 Å². The third-order valence-corrected chi connectivity index (χ3v) is 22.7. The number of hydrogen-bond acceptors (Lipinski definition) is 12. The highest BCUT2D eigenvalue weighted by molar-refractivity contribution is 7.90. The van der Waals surface area contributed by atoms with Crippen molar-refractivity contribution >= 4 is 66.4 Å². The Bertz CT molecular complexity index is 3030. The molecule has 2 amide bonds. The number of aryl methyl sites for hydroxylation is 2. The minimum absolute atomic E-state index is 0.112. The zero-order valence-corrected chi connectivity index (χ0v) is 49.4. The first-order valence-corrected chi connectivity index (χ1v) is 33.3. The number of fused-ring (bicyclic) bond motifs is 8. The lowest BCUT2D eigenvalue weighted by molar-refractivity contribution is -0.0745. The maximum absolute atomic E-state index is 13.1. The van der Waals surface area contributed by atoms with Gasteiger partial charge in [-0.05, 0) is 210 Å². The molecule has 4 heterocycles. The molecule has 0 aromatic heterocycles. The zero-order chi connectivity index (χ0) is 56.2. The number of halogens is 2. The van der Waals surface area contributed by atoms with Crippen molar-refractivity contribution in [1.82, 2.24) is 9.44 Å². The first kappa shape index (κ1) is 57.2. The van der Waals surface area contributed by atoms with Crippen LogP contribution in [0.5, 0.6) is 11.5 Å². The molecule has 4 bridgehead atoms. The van der Waals surface area contributed by atoms with Crippen LogP contribution < -0.4 is 28.7 Å². The van der Waals surface area contributed by atoms with Gasteiger partial charge in [-0.25, -0.2) is 26.3 Å². The van der Waals surface area contributed by atoms with E-state index in [0.717, 1.165) is 112 Å². The van der Waals surface area contributed by atoms with E-state index >= 15 is 0 Å². The Morgan fingerprint density at radius 3 is 1.36 bits per heavy atom. The lowest BCUT2D eigenvalue weighted by Crippen LogP contribution is -2.52. The molecule has 0 saturated heterocycles. The molecule has 0 radical (unpaired) electrons. The van der Waals surface area contributed by atoms with Crippen LogP contribution in [-0.2, 0) is 43.7 Å². The Morgan fingerprint density at radius 1 is 0.537 bits per heavy atom. The van der Waals surface area contributed by atoms with Gasteiger partial charge in [-0.15, -0.1) is 0 Å². The van der Waals surface area contributed by atoms with Gasteiger partial charge in [0, 0.05) is 58.2 Å². The van der Waals surface area contributed by atoms with Gasteiger partial charge in [-0.3, -0.25) is 9.59 Å². The maximum atomic E-state index is 13.1. The summed E-state index contributed by atoms with van der Waals surface area (Å²) >= 11 is 12.8. The summed E-state index contributed by atoms with van der Waals surface area (Å²) in [5.41, 5.74) is 5.18. The van der Waals surface area contributed by atoms with Crippen molar-refractivity contribution in [1.29, 1.82) is 0 Å². The first-order chi connectivity index (χ1) is 38.1. The predicted octanol–water partition coefficient (Wildman–Crippen LogP) is 10.4. The van der Waals surface area contributed by atoms with E-state index in [9.17, 15) is 36.6 Å². The van der Waals surface area contributed by atoms with E-state index in [1.165, 1.54) is 22.3 Å². The average molecular weight is 1170 g/mol. The van der Waals surface area contributed by atoms with Gasteiger partial charge in [-0.1, -0.05) is 61.0 Å². The number of carbonyl (C=O) groups excluding carboxylic acids is 2. The van der Waals surface area contributed by atoms with E-state index in [4.69, 9.17) is 32.7 Å². The first-order valence-electron chi connectivity index (χ1n) is 29.3. The maximum Gasteiger partial charge on any atom is 0.264 e. The summed E-state index contributed by atoms with van der Waals surface area (Å²) in [6.45, 7) is 7.82. The highest BCUT2D eigenvalue weighted by atomic mass is 35.5. The number of rotatable bonds is 0. The summed E-state index contributed by atoms with van der Waals surface area (Å²) in [6, 6.07) is 22.8. The Labute approximate surface area is 482 Å². The second-order valence-electron chi connectivity index (χ2n) is 25.3. The van der Waals surface area contributed by atoms with Crippen LogP contribution in [0.15, 0.2) is 72.8 Å². The number of benzene rings is 4. The number of aliphatic hydroxyl groups is 2. The third-order valence-electron chi connectivity index (χ3n) is 19.6. The smallest absolute Gasteiger partial charge is 0.264 e. The van der Waals surface area contributed by atoms with Crippen molar-refractivity contribution in [3.8, 4) is 11.5 Å². The number of nitrogens with one attached hydrogen (secondary N) is 2. The molecule has 12 rings (SSSR count). The van der Waals surface area contributed by atoms with E-state index in [1.54, 1.807) is 36.4 Å². The van der Waals surface area contributed by atoms with Gasteiger partial charge in [0.2, 0.25) is 20.0 Å². The Morgan fingerprint density at radius 2 is 0.963 bits per heavy atom. The monoisotopic (exact) mass is 1170 g/mol. The Hall–Kier alpha value is -4.58. The predicted molar refractivity (Wildman–Crippen MR) is 314 cm³/mol. The van der Waals surface area contributed by atoms with E-state index in [0.29, 0.717) is 99.3 Å². The molecular formula is C62H78Cl2N4O10S2. The lowest BCUT2D eigenvalue weighted by atomic mass is 9.63. The molecule has 80 heavy (non-hydrogen) atoms. The van der Waals surface area contributed by atoms with Gasteiger partial charge in [0.1, 0.15) is 11.5 Å². The number of carbonyl (C=O) groups is 2. The largest absolute Gasteiger partial charge is 0.490 e. The summed E-state index contributed by atoms with van der Waals surface area (Å²) in [7, 11) is -7.53. The van der Waals surface area contributed by atoms with E-state index in [2.05, 4.69) is 43.5 Å². The van der Waals surface area contributed by atoms with Crippen LogP contribution in [0.25, 0.3) is 0 Å². The number of nitrogens with zero attached hydrogens (tertiary/aromatic N) is 2. The third kappa shape index (κ3) is 12.0. The fourth-order valence-corrected chi connectivity index (χ4v) is 17.6. The number of sulfonamides is 2. The minimum atomic E-state index is -3.76. The van der Waals surface area contributed by atoms with Crippen LogP contribution in [0.3, 0.4) is 0 Å². The highest BCUT2D eigenvalue weighted by Crippen LogP contribution is 2.51. The summed E-state index contributed by atoms with van der Waals surface area (Å²) in [6.07, 6.45) is 15.1. The van der Waals surface area contributed by atoms with Gasteiger partial charge >= 0.3 is 0 Å². The molecule has 4 aromatic carbocycles. The van der Waals surface area contributed by atoms with Crippen LogP contribution in [0, 0.1) is 23.7 Å². The number of hydrogen-bond donors (Lipinski definition) is 4. The molecule has 14 nitrogen and oxygen atoms in total. The molecule has 0 unspecified atom stereocenters. The molecule has 8 atom stereocenters. The average Bonchev–Trinajstić information content (AvgIpc) is 3.71. The fourth-order valence-electron chi connectivity index (χ4n) is 15.1.